The molecule has 0 heterocycles. The molecule has 7 heteroatoms. The van der Waals surface area contributed by atoms with Gasteiger partial charge in [0.1, 0.15) is 19.0 Å². The largest absolute Gasteiger partial charge is 0.489 e. The predicted octanol–water partition coefficient (Wildman–Crippen LogP) is 2.53. The molecule has 0 saturated carbocycles. The van der Waals surface area contributed by atoms with Gasteiger partial charge in [0.15, 0.2) is 15.6 Å². The number of hydrogen-bond acceptors (Lipinski definition) is 6. The van der Waals surface area contributed by atoms with Crippen LogP contribution in [0.15, 0.2) is 53.4 Å². The minimum Gasteiger partial charge on any atom is -0.489 e. The summed E-state index contributed by atoms with van der Waals surface area (Å²) in [7, 11) is -3.40. The van der Waals surface area contributed by atoms with Crippen LogP contribution in [0.3, 0.4) is 0 Å². The van der Waals surface area contributed by atoms with Crippen molar-refractivity contribution in [2.45, 2.75) is 11.8 Å². The third kappa shape index (κ3) is 5.15. The average molecular weight is 362 g/mol. The Balaban J connectivity index is 1.93. The van der Waals surface area contributed by atoms with Gasteiger partial charge in [-0.05, 0) is 37.3 Å². The first-order valence-corrected chi connectivity index (χ1v) is 9.38. The van der Waals surface area contributed by atoms with E-state index in [0.717, 1.165) is 6.26 Å². The summed E-state index contributed by atoms with van der Waals surface area (Å²) in [5.41, 5.74) is 0.599. The Morgan fingerprint density at radius 3 is 2.40 bits per heavy atom. The van der Waals surface area contributed by atoms with Gasteiger partial charge in [0.25, 0.3) is 0 Å². The molecule has 0 spiro atoms. The average Bonchev–Trinajstić information content (AvgIpc) is 2.58. The number of ketones is 1. The lowest BCUT2D eigenvalue weighted by atomic mass is 10.1. The van der Waals surface area contributed by atoms with E-state index in [1.165, 1.54) is 31.2 Å². The number of rotatable bonds is 7. The van der Waals surface area contributed by atoms with E-state index in [-0.39, 0.29) is 29.5 Å². The summed E-state index contributed by atoms with van der Waals surface area (Å²) in [6.45, 7) is 1.48. The van der Waals surface area contributed by atoms with Gasteiger partial charge in [-0.1, -0.05) is 18.2 Å². The second-order valence-corrected chi connectivity index (χ2v) is 7.35. The van der Waals surface area contributed by atoms with Crippen molar-refractivity contribution in [1.29, 1.82) is 0 Å². The summed E-state index contributed by atoms with van der Waals surface area (Å²) in [6, 6.07) is 12.4. The number of para-hydroxylation sites is 1. The second-order valence-electron chi connectivity index (χ2n) is 5.34. The molecule has 0 aliphatic heterocycles. The number of benzene rings is 2. The SMILES string of the molecule is CC(=O)c1ccccc1OCCOC(=O)c1cccc(S(C)(=O)=O)c1. The summed E-state index contributed by atoms with van der Waals surface area (Å²) < 4.78 is 33.6. The lowest BCUT2D eigenvalue weighted by Crippen LogP contribution is -2.13. The Labute approximate surface area is 146 Å². The monoisotopic (exact) mass is 362 g/mol. The zero-order valence-electron chi connectivity index (χ0n) is 13.9. The summed E-state index contributed by atoms with van der Waals surface area (Å²) >= 11 is 0. The molecule has 0 bridgehead atoms. The third-order valence-electron chi connectivity index (χ3n) is 3.34. The molecule has 0 radical (unpaired) electrons. The van der Waals surface area contributed by atoms with E-state index in [1.807, 2.05) is 0 Å². The van der Waals surface area contributed by atoms with Crippen LogP contribution in [0.2, 0.25) is 0 Å². The minimum absolute atomic E-state index is 0.0336. The molecular formula is C18H18O6S. The number of Topliss-reactive ketones (excluding diaryl/α,β-unsaturated/α-hetero) is 1. The summed E-state index contributed by atoms with van der Waals surface area (Å²) in [6.07, 6.45) is 1.07. The molecule has 132 valence electrons. The third-order valence-corrected chi connectivity index (χ3v) is 4.45. The van der Waals surface area contributed by atoms with Crippen LogP contribution in [0.1, 0.15) is 27.6 Å². The molecule has 0 atom stereocenters. The van der Waals surface area contributed by atoms with E-state index in [9.17, 15) is 18.0 Å². The number of sulfone groups is 1. The number of carbonyl (C=O) groups is 2. The van der Waals surface area contributed by atoms with Crippen molar-refractivity contribution < 1.29 is 27.5 Å². The van der Waals surface area contributed by atoms with Gasteiger partial charge in [-0.25, -0.2) is 13.2 Å². The number of hydrogen-bond donors (Lipinski definition) is 0. The molecule has 0 amide bonds. The molecule has 0 unspecified atom stereocenters. The van der Waals surface area contributed by atoms with E-state index in [1.54, 1.807) is 24.3 Å². The fourth-order valence-corrected chi connectivity index (χ4v) is 2.77. The Bertz CT molecular complexity index is 886. The van der Waals surface area contributed by atoms with Crippen molar-refractivity contribution in [2.75, 3.05) is 19.5 Å². The molecule has 6 nitrogen and oxygen atoms in total. The normalized spacial score (nSPS) is 11.0. The summed E-state index contributed by atoms with van der Waals surface area (Å²) in [4.78, 5) is 23.5. The Morgan fingerprint density at radius 2 is 1.72 bits per heavy atom. The van der Waals surface area contributed by atoms with Crippen LogP contribution < -0.4 is 4.74 Å². The standard InChI is InChI=1S/C18H18O6S/c1-13(19)16-8-3-4-9-17(16)23-10-11-24-18(20)14-6-5-7-15(12-14)25(2,21)22/h3-9,12H,10-11H2,1-2H3. The highest BCUT2D eigenvalue weighted by Crippen LogP contribution is 2.18. The Morgan fingerprint density at radius 1 is 1.00 bits per heavy atom. The van der Waals surface area contributed by atoms with E-state index >= 15 is 0 Å². The van der Waals surface area contributed by atoms with Crippen LogP contribution in [-0.2, 0) is 14.6 Å². The van der Waals surface area contributed by atoms with E-state index in [2.05, 4.69) is 0 Å². The van der Waals surface area contributed by atoms with Crippen LogP contribution in [0.4, 0.5) is 0 Å². The van der Waals surface area contributed by atoms with Crippen LogP contribution in [0, 0.1) is 0 Å². The first kappa shape index (κ1) is 18.7. The van der Waals surface area contributed by atoms with Gasteiger partial charge < -0.3 is 9.47 Å². The topological polar surface area (TPSA) is 86.7 Å². The van der Waals surface area contributed by atoms with Gasteiger partial charge in [0.2, 0.25) is 0 Å². The van der Waals surface area contributed by atoms with Gasteiger partial charge >= 0.3 is 5.97 Å². The molecule has 2 aromatic carbocycles. The molecule has 0 aliphatic carbocycles. The summed E-state index contributed by atoms with van der Waals surface area (Å²) in [5.74, 6) is -0.343. The molecule has 2 rings (SSSR count). The highest BCUT2D eigenvalue weighted by atomic mass is 32.2. The molecule has 0 aliphatic rings. The maximum atomic E-state index is 12.0. The van der Waals surface area contributed by atoms with Crippen LogP contribution in [0.25, 0.3) is 0 Å². The fraction of sp³-hybridized carbons (Fsp3) is 0.222. The van der Waals surface area contributed by atoms with Crippen molar-refractivity contribution in [3.05, 3.63) is 59.7 Å². The fourth-order valence-electron chi connectivity index (χ4n) is 2.11. The highest BCUT2D eigenvalue weighted by molar-refractivity contribution is 7.90. The van der Waals surface area contributed by atoms with E-state index in [4.69, 9.17) is 9.47 Å². The predicted molar refractivity (Wildman–Crippen MR) is 91.8 cm³/mol. The van der Waals surface area contributed by atoms with Crippen LogP contribution in [-0.4, -0.2) is 39.6 Å². The van der Waals surface area contributed by atoms with Crippen molar-refractivity contribution in [1.82, 2.24) is 0 Å². The highest BCUT2D eigenvalue weighted by Gasteiger charge is 2.13. The number of carbonyl (C=O) groups excluding carboxylic acids is 2. The second kappa shape index (κ2) is 7.94. The number of esters is 1. The van der Waals surface area contributed by atoms with Crippen molar-refractivity contribution in [3.63, 3.8) is 0 Å². The first-order valence-electron chi connectivity index (χ1n) is 7.49. The van der Waals surface area contributed by atoms with E-state index < -0.39 is 15.8 Å². The lowest BCUT2D eigenvalue weighted by molar-refractivity contribution is 0.0449. The molecular weight excluding hydrogens is 344 g/mol. The molecule has 25 heavy (non-hydrogen) atoms. The molecule has 0 saturated heterocycles. The molecule has 0 N–H and O–H groups in total. The minimum atomic E-state index is -3.40. The molecule has 0 fully saturated rings. The van der Waals surface area contributed by atoms with Gasteiger partial charge in [-0.2, -0.15) is 0 Å². The van der Waals surface area contributed by atoms with Gasteiger partial charge in [-0.15, -0.1) is 0 Å². The maximum absolute atomic E-state index is 12.0. The van der Waals surface area contributed by atoms with Gasteiger partial charge in [0.05, 0.1) is 16.0 Å². The maximum Gasteiger partial charge on any atom is 0.338 e. The Hall–Kier alpha value is -2.67. The van der Waals surface area contributed by atoms with Crippen LogP contribution >= 0.6 is 0 Å². The quantitative estimate of drug-likeness (QED) is 0.427. The Kier molecular flexibility index (Phi) is 5.93. The molecule has 0 aromatic heterocycles. The smallest absolute Gasteiger partial charge is 0.338 e. The van der Waals surface area contributed by atoms with E-state index in [0.29, 0.717) is 11.3 Å². The molecule has 2 aromatic rings. The first-order chi connectivity index (χ1) is 11.8. The van der Waals surface area contributed by atoms with Crippen molar-refractivity contribution in [2.24, 2.45) is 0 Å². The van der Waals surface area contributed by atoms with Crippen molar-refractivity contribution in [3.8, 4) is 5.75 Å². The van der Waals surface area contributed by atoms with Crippen LogP contribution in [0.5, 0.6) is 5.75 Å². The lowest BCUT2D eigenvalue weighted by Gasteiger charge is -2.10. The zero-order valence-corrected chi connectivity index (χ0v) is 14.7. The van der Waals surface area contributed by atoms with Gasteiger partial charge in [-0.3, -0.25) is 4.79 Å². The van der Waals surface area contributed by atoms with Crippen molar-refractivity contribution >= 4 is 21.6 Å². The summed E-state index contributed by atoms with van der Waals surface area (Å²) in [5, 5.41) is 0. The number of ether oxygens (including phenoxy) is 2. The zero-order chi connectivity index (χ0) is 18.4. The van der Waals surface area contributed by atoms with Gasteiger partial charge in [0, 0.05) is 6.26 Å².